The van der Waals surface area contributed by atoms with Gasteiger partial charge in [0.15, 0.2) is 0 Å². The zero-order valence-corrected chi connectivity index (χ0v) is 76.2. The van der Waals surface area contributed by atoms with Gasteiger partial charge in [-0.25, -0.2) is 9.97 Å². The second-order valence-corrected chi connectivity index (χ2v) is 25.3. The van der Waals surface area contributed by atoms with Crippen molar-refractivity contribution in [1.82, 2.24) is 44.7 Å². The van der Waals surface area contributed by atoms with E-state index in [4.69, 9.17) is 13.9 Å². The highest BCUT2D eigenvalue weighted by molar-refractivity contribution is 7.08. The van der Waals surface area contributed by atoms with Crippen molar-refractivity contribution >= 4 is 11.3 Å². The predicted molar refractivity (Wildman–Crippen MR) is 470 cm³/mol. The smallest absolute Gasteiger partial charge is 0.115 e. The van der Waals surface area contributed by atoms with E-state index in [2.05, 4.69) is 207 Å². The summed E-state index contributed by atoms with van der Waals surface area (Å²) in [6, 6.07) is 20.4. The van der Waals surface area contributed by atoms with Gasteiger partial charge in [0.05, 0.1) is 31.4 Å². The Morgan fingerprint density at radius 2 is 0.914 bits per heavy atom. The van der Waals surface area contributed by atoms with Gasteiger partial charge >= 0.3 is 0 Å². The van der Waals surface area contributed by atoms with Crippen LogP contribution in [0, 0.1) is 17.8 Å². The fraction of sp³-hybridized carbons (Fsp3) is 0.609. The summed E-state index contributed by atoms with van der Waals surface area (Å²) in [6.07, 6.45) is 29.6. The number of nitrogens with zero attached hydrogens (tertiary/aromatic N) is 9. The summed E-state index contributed by atoms with van der Waals surface area (Å²) >= 11 is 1.77. The first-order valence-electron chi connectivity index (χ1n) is 40.5. The first-order chi connectivity index (χ1) is 50.5. The van der Waals surface area contributed by atoms with Gasteiger partial charge in [-0.2, -0.15) is 16.4 Å². The third-order valence-electron chi connectivity index (χ3n) is 13.9. The fourth-order valence-electron chi connectivity index (χ4n) is 7.70. The molecule has 0 spiro atoms. The summed E-state index contributed by atoms with van der Waals surface area (Å²) < 4.78 is 17.2. The molecule has 1 fully saturated rings. The van der Waals surface area contributed by atoms with Crippen molar-refractivity contribution in [3.05, 3.63) is 215 Å². The quantitative estimate of drug-likeness (QED) is 0.121. The zero-order valence-electron chi connectivity index (χ0n) is 75.3. The standard InChI is InChI=1S/3C8H11N.C8H14O.C7H10N2.C7H12N2.C7H10N2.C7H14O.C7H10O.C7H10S.9C2H6/c1-7(2)8-3-5-9-6-4-8;1-7(2)8-4-3-5-9-6-8;1-7(2)8-5-3-4-6-9-8;1-7(2)8-3-5-9-6-4-8;1-6(2)7-3-8-5-9-4-7;1-6(2)7-4-5-8-9(7)3;1-6(2)7-5-8-3-4-9-7;3*1-6(2)7-3-4-8-5-7;9*1-2/h3*3-7H,1-2H3;3,7H,4-6H2,1-2H3;3-6H,1-2H3;4-6H,1-3H3;3-6H,1-2H3;6-7H,3-5H2,1-2H3;2*3-6H,1-2H3;9*1-2H3. The molecule has 12 nitrogen and oxygen atoms in total. The maximum absolute atomic E-state index is 5.22. The van der Waals surface area contributed by atoms with Gasteiger partial charge in [0, 0.05) is 99.8 Å². The number of furan rings is 1. The largest absolute Gasteiger partial charge is 0.472 e. The van der Waals surface area contributed by atoms with Crippen molar-refractivity contribution in [2.45, 2.75) is 323 Å². The molecule has 1 unspecified atom stereocenters. The molecule has 13 heteroatoms. The van der Waals surface area contributed by atoms with E-state index in [1.165, 1.54) is 39.9 Å². The van der Waals surface area contributed by atoms with Crippen LogP contribution in [0.1, 0.15) is 368 Å². The summed E-state index contributed by atoms with van der Waals surface area (Å²) in [4.78, 5) is 28.0. The average Bonchev–Trinajstić information content (AvgIpc) is 1.78. The topological polar surface area (TPSA) is 140 Å². The van der Waals surface area contributed by atoms with Crippen LogP contribution in [0.5, 0.6) is 0 Å². The lowest BCUT2D eigenvalue weighted by molar-refractivity contribution is 0.151. The van der Waals surface area contributed by atoms with Crippen LogP contribution in [0.25, 0.3) is 0 Å². The maximum atomic E-state index is 5.22. The van der Waals surface area contributed by atoms with Crippen LogP contribution < -0.4 is 0 Å². The van der Waals surface area contributed by atoms with Crippen LogP contribution >= 0.6 is 11.3 Å². The van der Waals surface area contributed by atoms with Gasteiger partial charge in [0.2, 0.25) is 0 Å². The van der Waals surface area contributed by atoms with Crippen LogP contribution in [0.3, 0.4) is 0 Å². The van der Waals surface area contributed by atoms with Crippen LogP contribution in [0.15, 0.2) is 175 Å². The molecule has 0 aliphatic carbocycles. The van der Waals surface area contributed by atoms with Gasteiger partial charge in [-0.1, -0.05) is 287 Å². The van der Waals surface area contributed by atoms with Crippen molar-refractivity contribution < 1.29 is 13.9 Å². The van der Waals surface area contributed by atoms with Gasteiger partial charge < -0.3 is 13.9 Å². The Labute approximate surface area is 655 Å². The fourth-order valence-corrected chi connectivity index (χ4v) is 8.52. The van der Waals surface area contributed by atoms with Crippen molar-refractivity contribution in [2.75, 3.05) is 26.4 Å². The van der Waals surface area contributed by atoms with Gasteiger partial charge in [0.1, 0.15) is 6.33 Å². The van der Waals surface area contributed by atoms with Crippen LogP contribution in [-0.4, -0.2) is 71.1 Å². The highest BCUT2D eigenvalue weighted by Gasteiger charge is 2.18. The molecule has 0 aromatic carbocycles. The highest BCUT2D eigenvalue weighted by atomic mass is 32.1. The number of hydrogen-bond acceptors (Lipinski definition) is 12. The molecule has 10 rings (SSSR count). The monoisotopic (exact) mass is 1480 g/mol. The Kier molecular flexibility index (Phi) is 98.0. The van der Waals surface area contributed by atoms with Gasteiger partial charge in [-0.05, 0) is 165 Å². The highest BCUT2D eigenvalue weighted by Crippen LogP contribution is 2.21. The van der Waals surface area contributed by atoms with Crippen molar-refractivity contribution in [1.29, 1.82) is 0 Å². The minimum Gasteiger partial charge on any atom is -0.472 e. The number of aryl methyl sites for hydroxylation is 1. The Balaban J connectivity index is -0.000000136. The van der Waals surface area contributed by atoms with E-state index in [-0.39, 0.29) is 0 Å². The van der Waals surface area contributed by atoms with E-state index >= 15 is 0 Å². The third kappa shape index (κ3) is 70.2. The summed E-state index contributed by atoms with van der Waals surface area (Å²) in [6.45, 7) is 83.2. The van der Waals surface area contributed by atoms with Gasteiger partial charge in [-0.15, -0.1) is 0 Å². The summed E-state index contributed by atoms with van der Waals surface area (Å²) in [7, 11) is 1.97. The predicted octanol–water partition coefficient (Wildman–Crippen LogP) is 29.5. The minimum absolute atomic E-state index is 0.485. The summed E-state index contributed by atoms with van der Waals surface area (Å²) in [5, 5.41) is 8.37. The maximum Gasteiger partial charge on any atom is 0.115 e. The minimum atomic E-state index is 0.485. The number of ether oxygens (including phenoxy) is 2. The molecule has 8 aromatic rings. The zero-order chi connectivity index (χ0) is 82.9. The van der Waals surface area contributed by atoms with Crippen molar-refractivity contribution in [2.24, 2.45) is 24.8 Å². The van der Waals surface area contributed by atoms with E-state index in [1.807, 2.05) is 228 Å². The molecular weight excluding hydrogens is 1310 g/mol. The number of aromatic nitrogens is 9. The molecule has 10 heterocycles. The normalized spacial score (nSPS) is 11.3. The number of thiophene rings is 1. The number of rotatable bonds is 10. The van der Waals surface area contributed by atoms with Crippen LogP contribution in [0.2, 0.25) is 0 Å². The van der Waals surface area contributed by atoms with Gasteiger partial charge in [0.25, 0.3) is 0 Å². The average molecular weight is 1480 g/mol. The van der Waals surface area contributed by atoms with E-state index in [9.17, 15) is 0 Å². The molecular formula is C92H167N9O3S. The molecule has 2 aliphatic heterocycles. The lowest BCUT2D eigenvalue weighted by Gasteiger charge is -2.15. The molecule has 8 aromatic heterocycles. The summed E-state index contributed by atoms with van der Waals surface area (Å²) in [5.41, 5.74) is 11.6. The molecule has 1 saturated heterocycles. The van der Waals surface area contributed by atoms with Crippen molar-refractivity contribution in [3.63, 3.8) is 0 Å². The van der Waals surface area contributed by atoms with E-state index in [0.29, 0.717) is 53.3 Å². The molecule has 0 N–H and O–H groups in total. The SMILES string of the molecule is CC.CC.CC.CC.CC.CC.CC.CC.CC.CC(C)C1=CCOCC1.CC(C)C1CCOC1.CC(C)c1ccccn1.CC(C)c1cccnc1.CC(C)c1ccncc1.CC(C)c1ccnn1C.CC(C)c1ccoc1.CC(C)c1ccsc1.CC(C)c1cnccn1.CC(C)c1cncnc1. The lowest BCUT2D eigenvalue weighted by Crippen LogP contribution is -2.07. The number of hydrogen-bond donors (Lipinski definition) is 0. The van der Waals surface area contributed by atoms with E-state index in [1.54, 1.807) is 60.6 Å². The Bertz CT molecular complexity index is 2490. The molecule has 0 saturated carbocycles. The van der Waals surface area contributed by atoms with E-state index < -0.39 is 0 Å². The van der Waals surface area contributed by atoms with Crippen molar-refractivity contribution in [3.8, 4) is 0 Å². The van der Waals surface area contributed by atoms with Crippen LogP contribution in [-0.2, 0) is 16.5 Å². The molecule has 604 valence electrons. The molecule has 0 radical (unpaired) electrons. The Morgan fingerprint density at radius 1 is 0.400 bits per heavy atom. The third-order valence-corrected chi connectivity index (χ3v) is 14.6. The molecule has 1 atom stereocenters. The second kappa shape index (κ2) is 88.1. The number of pyridine rings is 3. The summed E-state index contributed by atoms with van der Waals surface area (Å²) in [5.74, 6) is 7.02. The van der Waals surface area contributed by atoms with Gasteiger partial charge in [-0.3, -0.25) is 29.6 Å². The van der Waals surface area contributed by atoms with E-state index in [0.717, 1.165) is 56.1 Å². The molecule has 2 aliphatic rings. The Morgan fingerprint density at radius 3 is 1.16 bits per heavy atom. The first-order valence-corrected chi connectivity index (χ1v) is 41.5. The first kappa shape index (κ1) is 117. The van der Waals surface area contributed by atoms with Crippen LogP contribution in [0.4, 0.5) is 0 Å². The lowest BCUT2D eigenvalue weighted by atomic mass is 9.96. The Hall–Kier alpha value is -6.54. The molecule has 0 bridgehead atoms. The molecule has 105 heavy (non-hydrogen) atoms. The molecule has 0 amide bonds. The second-order valence-electron chi connectivity index (χ2n) is 24.5.